The lowest BCUT2D eigenvalue weighted by Gasteiger charge is -2.00. The van der Waals surface area contributed by atoms with Gasteiger partial charge in [-0.05, 0) is 18.6 Å². The molecule has 5 nitrogen and oxygen atoms in total. The Hall–Kier alpha value is -1.07. The van der Waals surface area contributed by atoms with E-state index in [1.165, 1.54) is 51.4 Å². The van der Waals surface area contributed by atoms with Gasteiger partial charge in [-0.2, -0.15) is 0 Å². The molecule has 1 atom stereocenters. The number of nitrogens with two attached hydrogens (primary N) is 1. The van der Waals surface area contributed by atoms with E-state index in [1.807, 2.05) is 18.2 Å². The molecule has 0 bridgehead atoms. The van der Waals surface area contributed by atoms with Gasteiger partial charge in [0.05, 0.1) is 0 Å². The molecule has 0 aromatic heterocycles. The molecule has 26 heavy (non-hydrogen) atoms. The van der Waals surface area contributed by atoms with Crippen LogP contribution < -0.4 is 16.0 Å². The number of benzene rings is 1. The summed E-state index contributed by atoms with van der Waals surface area (Å²) in [6, 6.07) is 9.14. The summed E-state index contributed by atoms with van der Waals surface area (Å²) in [5, 5.41) is 0.250. The summed E-state index contributed by atoms with van der Waals surface area (Å²) in [5.41, 5.74) is 7.88. The molecule has 1 aromatic carbocycles. The van der Waals surface area contributed by atoms with Crippen molar-refractivity contribution in [2.24, 2.45) is 5.73 Å². The zero-order valence-electron chi connectivity index (χ0n) is 16.0. The minimum atomic E-state index is -2.04. The lowest BCUT2D eigenvalue weighted by molar-refractivity contribution is -0.210. The van der Waals surface area contributed by atoms with Crippen molar-refractivity contribution in [2.75, 3.05) is 6.61 Å². The second-order valence-electron chi connectivity index (χ2n) is 6.11. The monoisotopic (exact) mass is 402 g/mol. The Morgan fingerprint density at radius 1 is 1.00 bits per heavy atom. The summed E-state index contributed by atoms with van der Waals surface area (Å²) < 4.78 is 22.0. The molecule has 7 heteroatoms. The molecule has 0 saturated heterocycles. The predicted molar refractivity (Wildman–Crippen MR) is 112 cm³/mol. The third kappa shape index (κ3) is 19.3. The highest BCUT2D eigenvalue weighted by molar-refractivity contribution is 7.79. The molecule has 1 unspecified atom stereocenters. The maximum Gasteiger partial charge on any atom is 0.750 e. The number of thiocarbonyl (C=S) groups is 1. The van der Waals surface area contributed by atoms with Crippen LogP contribution in [0.3, 0.4) is 0 Å². The van der Waals surface area contributed by atoms with Gasteiger partial charge in [0.2, 0.25) is 0 Å². The lowest BCUT2D eigenvalue weighted by atomic mass is 10.1. The van der Waals surface area contributed by atoms with Gasteiger partial charge in [0, 0.05) is 16.8 Å². The van der Waals surface area contributed by atoms with Gasteiger partial charge in [0.1, 0.15) is 6.61 Å². The summed E-state index contributed by atoms with van der Waals surface area (Å²) in [6.45, 7) is 2.76. The predicted octanol–water partition coefficient (Wildman–Crippen LogP) is 5.13. The van der Waals surface area contributed by atoms with Gasteiger partial charge in [0.25, 0.3) is 5.11 Å². The molecule has 0 aliphatic rings. The number of hydrogen-bond donors (Lipinski definition) is 2. The molecule has 5 N–H and O–H groups in total. The fourth-order valence-electron chi connectivity index (χ4n) is 2.32. The van der Waals surface area contributed by atoms with Gasteiger partial charge < -0.3 is 11.5 Å². The minimum absolute atomic E-state index is 0.250. The number of quaternary nitrogens is 1. The normalized spacial score (nSPS) is 10.6. The summed E-state index contributed by atoms with van der Waals surface area (Å²) in [6.07, 6.45) is 12.8. The SMILES string of the molecule is CCCCCCCCCCCCO[P+](=O)Oc1ccccc1.NC([NH3+])=S. The molecule has 0 amide bonds. The van der Waals surface area contributed by atoms with Crippen LogP contribution in [0.25, 0.3) is 0 Å². The second-order valence-corrected chi connectivity index (χ2v) is 7.52. The van der Waals surface area contributed by atoms with Crippen LogP contribution in [0.1, 0.15) is 71.1 Å². The standard InChI is InChI=1S/C18H30O3P.CH4N2S/c1-2-3-4-5-6-7-8-9-10-14-17-20-22(19)21-18-15-12-11-13-16-18;2-1(3)4/h11-13,15-16H,2-10,14,17H2,1H3;(H4,2,3,4)/q+1;/p+1. The van der Waals surface area contributed by atoms with Gasteiger partial charge in [-0.15, -0.1) is 4.52 Å². The maximum atomic E-state index is 11.6. The van der Waals surface area contributed by atoms with Crippen molar-refractivity contribution in [1.82, 2.24) is 0 Å². The third-order valence-corrected chi connectivity index (χ3v) is 4.37. The minimum Gasteiger partial charge on any atom is -0.345 e. The Kier molecular flexibility index (Phi) is 17.9. The van der Waals surface area contributed by atoms with E-state index in [1.54, 1.807) is 12.1 Å². The Morgan fingerprint density at radius 3 is 1.96 bits per heavy atom. The first-order chi connectivity index (χ1) is 12.6. The first-order valence-electron chi connectivity index (χ1n) is 9.50. The lowest BCUT2D eigenvalue weighted by Crippen LogP contribution is -2.60. The van der Waals surface area contributed by atoms with Crippen molar-refractivity contribution in [3.8, 4) is 5.75 Å². The molecule has 0 saturated carbocycles. The topological polar surface area (TPSA) is 89.2 Å². The van der Waals surface area contributed by atoms with Crippen LogP contribution in [0.5, 0.6) is 5.75 Å². The summed E-state index contributed by atoms with van der Waals surface area (Å²) in [5.74, 6) is 0.590. The smallest absolute Gasteiger partial charge is 0.345 e. The van der Waals surface area contributed by atoms with Crippen molar-refractivity contribution in [3.05, 3.63) is 30.3 Å². The van der Waals surface area contributed by atoms with E-state index in [0.717, 1.165) is 12.8 Å². The van der Waals surface area contributed by atoms with Crippen LogP contribution in [0.4, 0.5) is 0 Å². The molecule has 0 aliphatic heterocycles. The van der Waals surface area contributed by atoms with Gasteiger partial charge in [-0.1, -0.05) is 82.9 Å². The van der Waals surface area contributed by atoms with Crippen molar-refractivity contribution < 1.29 is 19.3 Å². The Balaban J connectivity index is 0.00000141. The van der Waals surface area contributed by atoms with Crippen molar-refractivity contribution in [3.63, 3.8) is 0 Å². The molecule has 1 aromatic rings. The maximum absolute atomic E-state index is 11.6. The van der Waals surface area contributed by atoms with Crippen LogP contribution >= 0.6 is 20.5 Å². The zero-order valence-corrected chi connectivity index (χ0v) is 17.7. The number of rotatable bonds is 14. The van der Waals surface area contributed by atoms with E-state index in [9.17, 15) is 4.57 Å². The van der Waals surface area contributed by atoms with Crippen LogP contribution in [0.15, 0.2) is 30.3 Å². The highest BCUT2D eigenvalue weighted by atomic mass is 32.1. The van der Waals surface area contributed by atoms with E-state index < -0.39 is 8.25 Å². The molecule has 0 heterocycles. The van der Waals surface area contributed by atoms with E-state index >= 15 is 0 Å². The molecule has 0 radical (unpaired) electrons. The average Bonchev–Trinajstić information content (AvgIpc) is 2.60. The summed E-state index contributed by atoms with van der Waals surface area (Å²) >= 11 is 4.20. The average molecular weight is 403 g/mol. The number of unbranched alkanes of at least 4 members (excludes halogenated alkanes) is 9. The Bertz CT molecular complexity index is 471. The molecule has 0 spiro atoms. The molecule has 0 aliphatic carbocycles. The zero-order chi connectivity index (χ0) is 19.5. The van der Waals surface area contributed by atoms with Gasteiger partial charge in [-0.25, -0.2) is 4.52 Å². The summed E-state index contributed by atoms with van der Waals surface area (Å²) in [7, 11) is -2.04. The third-order valence-electron chi connectivity index (χ3n) is 3.62. The highest BCUT2D eigenvalue weighted by Crippen LogP contribution is 2.27. The van der Waals surface area contributed by atoms with E-state index in [-0.39, 0.29) is 5.11 Å². The van der Waals surface area contributed by atoms with Gasteiger partial charge in [-0.3, -0.25) is 0 Å². The number of hydrogen-bond acceptors (Lipinski definition) is 4. The second kappa shape index (κ2) is 18.7. The first-order valence-corrected chi connectivity index (χ1v) is 11.0. The quantitative estimate of drug-likeness (QED) is 0.256. The fourth-order valence-corrected chi connectivity index (χ4v) is 2.95. The first kappa shape index (κ1) is 24.9. The van der Waals surface area contributed by atoms with E-state index in [2.05, 4.69) is 24.9 Å². The van der Waals surface area contributed by atoms with E-state index in [0.29, 0.717) is 12.4 Å². The van der Waals surface area contributed by atoms with Crippen LogP contribution in [0, 0.1) is 0 Å². The molecular weight excluding hydrogens is 367 g/mol. The molecule has 0 fully saturated rings. The van der Waals surface area contributed by atoms with E-state index in [4.69, 9.17) is 14.8 Å². The Morgan fingerprint density at radius 2 is 1.46 bits per heavy atom. The van der Waals surface area contributed by atoms with Crippen molar-refractivity contribution >= 4 is 25.6 Å². The van der Waals surface area contributed by atoms with Crippen molar-refractivity contribution in [2.45, 2.75) is 71.1 Å². The van der Waals surface area contributed by atoms with Crippen molar-refractivity contribution in [1.29, 1.82) is 0 Å². The highest BCUT2D eigenvalue weighted by Gasteiger charge is 2.21. The van der Waals surface area contributed by atoms with Gasteiger partial charge >= 0.3 is 8.25 Å². The molecule has 148 valence electrons. The number of para-hydroxylation sites is 1. The Labute approximate surface area is 164 Å². The van der Waals surface area contributed by atoms with Crippen LogP contribution in [-0.4, -0.2) is 11.7 Å². The summed E-state index contributed by atoms with van der Waals surface area (Å²) in [4.78, 5) is 0. The van der Waals surface area contributed by atoms with Crippen LogP contribution in [0.2, 0.25) is 0 Å². The largest absolute Gasteiger partial charge is 0.750 e. The van der Waals surface area contributed by atoms with Gasteiger partial charge in [0.15, 0.2) is 5.75 Å². The fraction of sp³-hybridized carbons (Fsp3) is 0.632. The molecule has 1 rings (SSSR count). The van der Waals surface area contributed by atoms with Crippen LogP contribution in [-0.2, 0) is 9.09 Å². The molecular formula is C19H35N2O3PS+2.